The summed E-state index contributed by atoms with van der Waals surface area (Å²) in [6, 6.07) is 12.0. The molecule has 0 atom stereocenters. The van der Waals surface area contributed by atoms with Gasteiger partial charge in [0.25, 0.3) is 0 Å². The number of aromatic nitrogens is 3. The van der Waals surface area contributed by atoms with E-state index < -0.39 is 0 Å². The summed E-state index contributed by atoms with van der Waals surface area (Å²) in [4.78, 5) is 3.99. The second-order valence-corrected chi connectivity index (χ2v) is 3.84. The van der Waals surface area contributed by atoms with Crippen molar-refractivity contribution in [3.63, 3.8) is 0 Å². The van der Waals surface area contributed by atoms with Crippen molar-refractivity contribution in [2.75, 3.05) is 0 Å². The lowest BCUT2D eigenvalue weighted by Crippen LogP contribution is -1.98. The number of benzene rings is 1. The number of rotatable bonds is 2. The molecule has 0 bridgehead atoms. The van der Waals surface area contributed by atoms with E-state index in [4.69, 9.17) is 0 Å². The quantitative estimate of drug-likeness (QED) is 0.688. The molecule has 0 fully saturated rings. The lowest BCUT2D eigenvalue weighted by atomic mass is 10.2. The SMILES string of the molecule is Fc1ccc(-n2nccc2-c2ccncc2)cc1. The molecule has 4 heteroatoms. The highest BCUT2D eigenvalue weighted by molar-refractivity contribution is 5.61. The fourth-order valence-electron chi connectivity index (χ4n) is 1.83. The molecule has 0 aliphatic heterocycles. The van der Waals surface area contributed by atoms with E-state index in [1.54, 1.807) is 35.4 Å². The van der Waals surface area contributed by atoms with Crippen LogP contribution in [0.15, 0.2) is 61.1 Å². The van der Waals surface area contributed by atoms with E-state index in [2.05, 4.69) is 10.1 Å². The molecule has 0 aliphatic rings. The second-order valence-electron chi connectivity index (χ2n) is 3.84. The third-order valence-corrected chi connectivity index (χ3v) is 2.69. The maximum atomic E-state index is 12.9. The monoisotopic (exact) mass is 239 g/mol. The summed E-state index contributed by atoms with van der Waals surface area (Å²) in [5.74, 6) is -0.253. The molecule has 0 saturated carbocycles. The van der Waals surface area contributed by atoms with Crippen molar-refractivity contribution in [3.05, 3.63) is 66.9 Å². The molecule has 0 spiro atoms. The average molecular weight is 239 g/mol. The summed E-state index contributed by atoms with van der Waals surface area (Å²) in [6.07, 6.45) is 5.19. The topological polar surface area (TPSA) is 30.7 Å². The highest BCUT2D eigenvalue weighted by atomic mass is 19.1. The maximum absolute atomic E-state index is 12.9. The molecule has 2 aromatic heterocycles. The van der Waals surface area contributed by atoms with Crippen LogP contribution in [0.3, 0.4) is 0 Å². The summed E-state index contributed by atoms with van der Waals surface area (Å²) >= 11 is 0. The van der Waals surface area contributed by atoms with Crippen LogP contribution in [0.4, 0.5) is 4.39 Å². The van der Waals surface area contributed by atoms with Gasteiger partial charge in [0.15, 0.2) is 0 Å². The van der Waals surface area contributed by atoms with Gasteiger partial charge in [0.2, 0.25) is 0 Å². The van der Waals surface area contributed by atoms with Crippen LogP contribution in [0.2, 0.25) is 0 Å². The molecule has 3 aromatic rings. The van der Waals surface area contributed by atoms with E-state index in [0.717, 1.165) is 16.9 Å². The second kappa shape index (κ2) is 4.41. The largest absolute Gasteiger partial charge is 0.265 e. The molecule has 88 valence electrons. The van der Waals surface area contributed by atoms with E-state index in [1.807, 2.05) is 18.2 Å². The molecule has 0 N–H and O–H groups in total. The van der Waals surface area contributed by atoms with Gasteiger partial charge >= 0.3 is 0 Å². The van der Waals surface area contributed by atoms with Crippen molar-refractivity contribution in [2.45, 2.75) is 0 Å². The van der Waals surface area contributed by atoms with Crippen LogP contribution in [-0.2, 0) is 0 Å². The molecule has 3 rings (SSSR count). The van der Waals surface area contributed by atoms with Crippen LogP contribution >= 0.6 is 0 Å². The van der Waals surface area contributed by atoms with Crippen LogP contribution in [0.5, 0.6) is 0 Å². The Morgan fingerprint density at radius 3 is 2.28 bits per heavy atom. The van der Waals surface area contributed by atoms with Crippen LogP contribution in [0, 0.1) is 5.82 Å². The van der Waals surface area contributed by atoms with Crippen molar-refractivity contribution in [1.82, 2.24) is 14.8 Å². The van der Waals surface area contributed by atoms with Crippen molar-refractivity contribution in [1.29, 1.82) is 0 Å². The minimum Gasteiger partial charge on any atom is -0.265 e. The molecule has 0 amide bonds. The molecule has 2 heterocycles. The number of nitrogens with zero attached hydrogens (tertiary/aromatic N) is 3. The van der Waals surface area contributed by atoms with Gasteiger partial charge < -0.3 is 0 Å². The van der Waals surface area contributed by atoms with E-state index >= 15 is 0 Å². The first-order valence-electron chi connectivity index (χ1n) is 5.55. The van der Waals surface area contributed by atoms with Crippen LogP contribution in [0.1, 0.15) is 0 Å². The van der Waals surface area contributed by atoms with Gasteiger partial charge in [-0.1, -0.05) is 0 Å². The third-order valence-electron chi connectivity index (χ3n) is 2.69. The van der Waals surface area contributed by atoms with Crippen molar-refractivity contribution in [2.24, 2.45) is 0 Å². The Balaban J connectivity index is 2.10. The first-order chi connectivity index (χ1) is 8.84. The Hall–Kier alpha value is -2.49. The fraction of sp³-hybridized carbons (Fsp3) is 0. The predicted molar refractivity (Wildman–Crippen MR) is 66.8 cm³/mol. The van der Waals surface area contributed by atoms with Gasteiger partial charge in [0, 0.05) is 18.0 Å². The number of hydrogen-bond donors (Lipinski definition) is 0. The zero-order chi connectivity index (χ0) is 12.4. The Labute approximate surface area is 104 Å². The Kier molecular flexibility index (Phi) is 2.61. The van der Waals surface area contributed by atoms with Crippen LogP contribution in [-0.4, -0.2) is 14.8 Å². The van der Waals surface area contributed by atoms with E-state index in [-0.39, 0.29) is 5.82 Å². The lowest BCUT2D eigenvalue weighted by Gasteiger charge is -2.07. The fourth-order valence-corrected chi connectivity index (χ4v) is 1.83. The minimum atomic E-state index is -0.253. The Morgan fingerprint density at radius 1 is 0.833 bits per heavy atom. The Morgan fingerprint density at radius 2 is 1.56 bits per heavy atom. The van der Waals surface area contributed by atoms with Crippen LogP contribution < -0.4 is 0 Å². The number of halogens is 1. The van der Waals surface area contributed by atoms with E-state index in [1.165, 1.54) is 12.1 Å². The first-order valence-corrected chi connectivity index (χ1v) is 5.55. The number of hydrogen-bond acceptors (Lipinski definition) is 2. The van der Waals surface area contributed by atoms with Gasteiger partial charge in [0.05, 0.1) is 17.6 Å². The Bertz CT molecular complexity index is 644. The molecule has 1 aromatic carbocycles. The van der Waals surface area contributed by atoms with Gasteiger partial charge in [-0.05, 0) is 42.5 Å². The maximum Gasteiger partial charge on any atom is 0.123 e. The van der Waals surface area contributed by atoms with Gasteiger partial charge in [0.1, 0.15) is 5.82 Å². The normalized spacial score (nSPS) is 10.5. The van der Waals surface area contributed by atoms with Crippen molar-refractivity contribution < 1.29 is 4.39 Å². The summed E-state index contributed by atoms with van der Waals surface area (Å²) in [5.41, 5.74) is 2.80. The van der Waals surface area contributed by atoms with Crippen LogP contribution in [0.25, 0.3) is 16.9 Å². The molecule has 3 nitrogen and oxygen atoms in total. The lowest BCUT2D eigenvalue weighted by molar-refractivity contribution is 0.627. The van der Waals surface area contributed by atoms with E-state index in [0.29, 0.717) is 0 Å². The minimum absolute atomic E-state index is 0.253. The zero-order valence-electron chi connectivity index (χ0n) is 9.49. The molecule has 18 heavy (non-hydrogen) atoms. The van der Waals surface area contributed by atoms with Crippen molar-refractivity contribution in [3.8, 4) is 16.9 Å². The van der Waals surface area contributed by atoms with Gasteiger partial charge in [-0.2, -0.15) is 5.10 Å². The highest BCUT2D eigenvalue weighted by Gasteiger charge is 2.06. The van der Waals surface area contributed by atoms with Crippen molar-refractivity contribution >= 4 is 0 Å². The molecular formula is C14H10FN3. The molecule has 0 saturated heterocycles. The standard InChI is InChI=1S/C14H10FN3/c15-12-1-3-13(4-2-12)18-14(7-10-17-18)11-5-8-16-9-6-11/h1-10H. The summed E-state index contributed by atoms with van der Waals surface area (Å²) < 4.78 is 14.7. The smallest absolute Gasteiger partial charge is 0.123 e. The summed E-state index contributed by atoms with van der Waals surface area (Å²) in [5, 5.41) is 4.27. The molecule has 0 aliphatic carbocycles. The molecular weight excluding hydrogens is 229 g/mol. The van der Waals surface area contributed by atoms with Gasteiger partial charge in [-0.15, -0.1) is 0 Å². The molecule has 0 radical (unpaired) electrons. The predicted octanol–water partition coefficient (Wildman–Crippen LogP) is 3.07. The third kappa shape index (κ3) is 1.88. The number of pyridine rings is 1. The summed E-state index contributed by atoms with van der Waals surface area (Å²) in [7, 11) is 0. The highest BCUT2D eigenvalue weighted by Crippen LogP contribution is 2.21. The van der Waals surface area contributed by atoms with E-state index in [9.17, 15) is 4.39 Å². The summed E-state index contributed by atoms with van der Waals surface area (Å²) in [6.45, 7) is 0. The first kappa shape index (κ1) is 10.7. The van der Waals surface area contributed by atoms with Gasteiger partial charge in [-0.25, -0.2) is 9.07 Å². The average Bonchev–Trinajstić information content (AvgIpc) is 2.90. The molecule has 0 unspecified atom stereocenters. The van der Waals surface area contributed by atoms with Gasteiger partial charge in [-0.3, -0.25) is 4.98 Å². The zero-order valence-corrected chi connectivity index (χ0v) is 9.49.